The van der Waals surface area contributed by atoms with Crippen LogP contribution in [-0.4, -0.2) is 48.9 Å². The Morgan fingerprint density at radius 2 is 1.62 bits per heavy atom. The van der Waals surface area contributed by atoms with E-state index in [1.54, 1.807) is 4.90 Å². The van der Waals surface area contributed by atoms with Crippen LogP contribution in [0.5, 0.6) is 0 Å². The second-order valence-electron chi connectivity index (χ2n) is 5.07. The van der Waals surface area contributed by atoms with Gasteiger partial charge in [-0.05, 0) is 12.8 Å². The van der Waals surface area contributed by atoms with Crippen LogP contribution in [0.25, 0.3) is 0 Å². The average Bonchev–Trinajstić information content (AvgIpc) is 2.45. The van der Waals surface area contributed by atoms with Crippen molar-refractivity contribution in [3.63, 3.8) is 0 Å². The summed E-state index contributed by atoms with van der Waals surface area (Å²) in [7, 11) is 1.27. The summed E-state index contributed by atoms with van der Waals surface area (Å²) in [5.41, 5.74) is 0. The molecule has 0 aliphatic carbocycles. The van der Waals surface area contributed by atoms with E-state index in [-0.39, 0.29) is 18.2 Å². The third-order valence-corrected chi connectivity index (χ3v) is 3.15. The fraction of sp³-hybridized carbons (Fsp3) is 0.800. The van der Waals surface area contributed by atoms with Crippen molar-refractivity contribution in [2.45, 2.75) is 58.9 Å². The first-order valence-corrected chi connectivity index (χ1v) is 7.58. The van der Waals surface area contributed by atoms with Crippen molar-refractivity contribution in [2.24, 2.45) is 0 Å². The molecule has 0 aromatic rings. The van der Waals surface area contributed by atoms with E-state index >= 15 is 0 Å². The lowest BCUT2D eigenvalue weighted by Crippen LogP contribution is -2.49. The largest absolute Gasteiger partial charge is 0.469 e. The summed E-state index contributed by atoms with van der Waals surface area (Å²) in [6.07, 6.45) is 3.64. The summed E-state index contributed by atoms with van der Waals surface area (Å²) >= 11 is 0. The van der Waals surface area contributed by atoms with E-state index < -0.39 is 12.0 Å². The van der Waals surface area contributed by atoms with Gasteiger partial charge in [0.15, 0.2) is 0 Å². The van der Waals surface area contributed by atoms with E-state index in [9.17, 15) is 14.4 Å². The monoisotopic (exact) mass is 300 g/mol. The molecule has 1 atom stereocenters. The quantitative estimate of drug-likeness (QED) is 0.620. The first-order chi connectivity index (χ1) is 9.96. The Morgan fingerprint density at radius 3 is 2.00 bits per heavy atom. The average molecular weight is 300 g/mol. The van der Waals surface area contributed by atoms with Crippen molar-refractivity contribution in [3.8, 4) is 0 Å². The van der Waals surface area contributed by atoms with Crippen molar-refractivity contribution in [1.82, 2.24) is 10.2 Å². The first kappa shape index (κ1) is 19.4. The van der Waals surface area contributed by atoms with E-state index in [2.05, 4.69) is 23.9 Å². The van der Waals surface area contributed by atoms with Crippen molar-refractivity contribution in [1.29, 1.82) is 0 Å². The molecule has 0 fully saturated rings. The number of unbranched alkanes of at least 4 members (excludes halogenated alkanes) is 2. The molecule has 21 heavy (non-hydrogen) atoms. The number of hydrogen-bond acceptors (Lipinski definition) is 4. The highest BCUT2D eigenvalue weighted by Crippen LogP contribution is 2.06. The fourth-order valence-electron chi connectivity index (χ4n) is 1.95. The molecule has 0 unspecified atom stereocenters. The van der Waals surface area contributed by atoms with E-state index in [0.29, 0.717) is 13.1 Å². The predicted molar refractivity (Wildman–Crippen MR) is 80.6 cm³/mol. The highest BCUT2D eigenvalue weighted by atomic mass is 16.5. The first-order valence-electron chi connectivity index (χ1n) is 7.58. The molecular weight excluding hydrogens is 272 g/mol. The van der Waals surface area contributed by atoms with Crippen LogP contribution in [0.2, 0.25) is 0 Å². The van der Waals surface area contributed by atoms with Gasteiger partial charge < -0.3 is 15.0 Å². The highest BCUT2D eigenvalue weighted by Gasteiger charge is 2.27. The molecule has 2 amide bonds. The van der Waals surface area contributed by atoms with Gasteiger partial charge in [-0.1, -0.05) is 26.7 Å². The summed E-state index contributed by atoms with van der Waals surface area (Å²) < 4.78 is 4.59. The Balaban J connectivity index is 4.88. The second kappa shape index (κ2) is 11.1. The molecule has 0 aliphatic heterocycles. The van der Waals surface area contributed by atoms with Gasteiger partial charge in [-0.15, -0.1) is 0 Å². The minimum atomic E-state index is -0.844. The summed E-state index contributed by atoms with van der Waals surface area (Å²) in [6.45, 7) is 6.74. The number of hydrogen-bond donors (Lipinski definition) is 1. The number of ether oxygens (including phenoxy) is 1. The van der Waals surface area contributed by atoms with Crippen LogP contribution in [0.1, 0.15) is 52.9 Å². The van der Waals surface area contributed by atoms with Crippen molar-refractivity contribution in [2.75, 3.05) is 20.2 Å². The molecule has 0 spiro atoms. The van der Waals surface area contributed by atoms with Crippen LogP contribution in [0.3, 0.4) is 0 Å². The zero-order valence-electron chi connectivity index (χ0n) is 13.6. The summed E-state index contributed by atoms with van der Waals surface area (Å²) in [5.74, 6) is -1.05. The maximum absolute atomic E-state index is 12.5. The lowest BCUT2D eigenvalue weighted by atomic mass is 10.1. The van der Waals surface area contributed by atoms with Gasteiger partial charge in [-0.2, -0.15) is 0 Å². The third kappa shape index (κ3) is 8.32. The Morgan fingerprint density at radius 1 is 1.10 bits per heavy atom. The SMILES string of the molecule is CCCCN(CCCC)C(=O)[C@@H](CC(=O)OC)NC(C)=O. The van der Waals surface area contributed by atoms with E-state index in [1.807, 2.05) is 0 Å². The van der Waals surface area contributed by atoms with Gasteiger partial charge in [0.25, 0.3) is 0 Å². The molecular formula is C15H28N2O4. The molecule has 122 valence electrons. The van der Waals surface area contributed by atoms with Gasteiger partial charge in [0.1, 0.15) is 6.04 Å². The van der Waals surface area contributed by atoms with Gasteiger partial charge >= 0.3 is 5.97 Å². The van der Waals surface area contributed by atoms with Gasteiger partial charge in [0.05, 0.1) is 13.5 Å². The third-order valence-electron chi connectivity index (χ3n) is 3.15. The topological polar surface area (TPSA) is 75.7 Å². The van der Waals surface area contributed by atoms with Crippen molar-refractivity contribution in [3.05, 3.63) is 0 Å². The van der Waals surface area contributed by atoms with Crippen LogP contribution >= 0.6 is 0 Å². The highest BCUT2D eigenvalue weighted by molar-refractivity contribution is 5.90. The molecule has 0 heterocycles. The smallest absolute Gasteiger partial charge is 0.308 e. The summed E-state index contributed by atoms with van der Waals surface area (Å²) in [5, 5.41) is 2.55. The lowest BCUT2D eigenvalue weighted by molar-refractivity contribution is -0.146. The minimum absolute atomic E-state index is 0.135. The van der Waals surface area contributed by atoms with Crippen LogP contribution in [0, 0.1) is 0 Å². The van der Waals surface area contributed by atoms with E-state index in [0.717, 1.165) is 25.7 Å². The van der Waals surface area contributed by atoms with Crippen LogP contribution in [-0.2, 0) is 19.1 Å². The van der Waals surface area contributed by atoms with Crippen LogP contribution in [0.15, 0.2) is 0 Å². The number of carbonyl (C=O) groups is 3. The Bertz CT molecular complexity index is 337. The van der Waals surface area contributed by atoms with Gasteiger partial charge in [-0.25, -0.2) is 0 Å². The molecule has 1 N–H and O–H groups in total. The molecule has 0 radical (unpaired) electrons. The molecule has 0 aromatic heterocycles. The minimum Gasteiger partial charge on any atom is -0.469 e. The fourth-order valence-corrected chi connectivity index (χ4v) is 1.95. The van der Waals surface area contributed by atoms with Crippen LogP contribution in [0.4, 0.5) is 0 Å². The number of nitrogens with one attached hydrogen (secondary N) is 1. The number of esters is 1. The maximum Gasteiger partial charge on any atom is 0.308 e. The van der Waals surface area contributed by atoms with E-state index in [4.69, 9.17) is 0 Å². The number of methoxy groups -OCH3 is 1. The van der Waals surface area contributed by atoms with E-state index in [1.165, 1.54) is 14.0 Å². The molecule has 6 nitrogen and oxygen atoms in total. The zero-order valence-corrected chi connectivity index (χ0v) is 13.6. The number of nitrogens with zero attached hydrogens (tertiary/aromatic N) is 1. The number of rotatable bonds is 10. The Labute approximate surface area is 127 Å². The maximum atomic E-state index is 12.5. The Hall–Kier alpha value is -1.59. The number of amides is 2. The van der Waals surface area contributed by atoms with Gasteiger partial charge in [0.2, 0.25) is 11.8 Å². The molecule has 0 aromatic carbocycles. The molecule has 0 rings (SSSR count). The second-order valence-corrected chi connectivity index (χ2v) is 5.07. The molecule has 0 bridgehead atoms. The van der Waals surface area contributed by atoms with Gasteiger partial charge in [0, 0.05) is 20.0 Å². The summed E-state index contributed by atoms with van der Waals surface area (Å²) in [6, 6.07) is -0.844. The van der Waals surface area contributed by atoms with Crippen molar-refractivity contribution >= 4 is 17.8 Å². The predicted octanol–water partition coefficient (Wildman–Crippen LogP) is 1.48. The molecule has 0 saturated heterocycles. The molecule has 6 heteroatoms. The molecule has 0 saturated carbocycles. The lowest BCUT2D eigenvalue weighted by Gasteiger charge is -2.27. The summed E-state index contributed by atoms with van der Waals surface area (Å²) in [4.78, 5) is 36.9. The normalized spacial score (nSPS) is 11.6. The molecule has 0 aliphatic rings. The van der Waals surface area contributed by atoms with Crippen LogP contribution < -0.4 is 5.32 Å². The number of carbonyl (C=O) groups excluding carboxylic acids is 3. The van der Waals surface area contributed by atoms with Gasteiger partial charge in [-0.3, -0.25) is 14.4 Å². The zero-order chi connectivity index (χ0) is 16.3. The standard InChI is InChI=1S/C15H28N2O4/c1-5-7-9-17(10-8-6-2)15(20)13(16-12(3)18)11-14(19)21-4/h13H,5-11H2,1-4H3,(H,16,18)/t13-/m1/s1. The van der Waals surface area contributed by atoms with Crippen molar-refractivity contribution < 1.29 is 19.1 Å². The Kier molecular flexibility index (Phi) is 10.3.